The van der Waals surface area contributed by atoms with Gasteiger partial charge in [-0.2, -0.15) is 0 Å². The smallest absolute Gasteiger partial charge is 0.145 e. The number of halogens is 2. The Morgan fingerprint density at radius 3 is 1.72 bits per heavy atom. The Hall–Kier alpha value is 0.630. The van der Waals surface area contributed by atoms with E-state index in [1.54, 1.807) is 0 Å². The molecule has 3 heteroatoms. The summed E-state index contributed by atoms with van der Waals surface area (Å²) in [6, 6.07) is 0. The van der Waals surface area contributed by atoms with E-state index in [0.29, 0.717) is 17.6 Å². The molecule has 4 unspecified atom stereocenters. The van der Waals surface area contributed by atoms with Crippen LogP contribution in [-0.4, -0.2) is 16.4 Å². The third-order valence-electron chi connectivity index (χ3n) is 5.71. The molecule has 104 valence electrons. The summed E-state index contributed by atoms with van der Waals surface area (Å²) in [7, 11) is 0. The molecule has 0 amide bonds. The summed E-state index contributed by atoms with van der Waals surface area (Å²) >= 11 is 7.23. The summed E-state index contributed by atoms with van der Waals surface area (Å²) in [6.07, 6.45) is 7.03. The van der Waals surface area contributed by atoms with Crippen molar-refractivity contribution in [2.24, 2.45) is 22.7 Å². The summed E-state index contributed by atoms with van der Waals surface area (Å²) in [5.74, 6) is 1.63. The molecular weight excluding hydrogens is 356 g/mol. The van der Waals surface area contributed by atoms with Gasteiger partial charge in [0.1, 0.15) is 5.78 Å². The minimum atomic E-state index is -0.0803. The van der Waals surface area contributed by atoms with Crippen molar-refractivity contribution in [1.82, 2.24) is 0 Å². The van der Waals surface area contributed by atoms with Crippen LogP contribution in [0.25, 0.3) is 0 Å². The van der Waals surface area contributed by atoms with E-state index < -0.39 is 0 Å². The van der Waals surface area contributed by atoms with Gasteiger partial charge in [-0.15, -0.1) is 0 Å². The van der Waals surface area contributed by atoms with E-state index in [9.17, 15) is 4.79 Å². The van der Waals surface area contributed by atoms with E-state index in [2.05, 4.69) is 45.7 Å². The first-order valence-corrected chi connectivity index (χ1v) is 9.40. The molecule has 1 nitrogen and oxygen atoms in total. The lowest BCUT2D eigenvalue weighted by molar-refractivity contribution is -0.140. The number of carbonyl (C=O) groups excluding carboxylic acids is 1. The summed E-state index contributed by atoms with van der Waals surface area (Å²) in [6.45, 7) is 4.45. The van der Waals surface area contributed by atoms with Crippen molar-refractivity contribution >= 4 is 37.6 Å². The molecule has 2 aliphatic carbocycles. The highest BCUT2D eigenvalue weighted by molar-refractivity contribution is 9.09. The molecular formula is C15H24Br2O. The summed E-state index contributed by atoms with van der Waals surface area (Å²) < 4.78 is 0. The normalized spacial score (nSPS) is 44.4. The SMILES string of the molecule is CC1(C(=O)C2(C)CCCC2CBr)CCCC1CBr. The monoisotopic (exact) mass is 378 g/mol. The second kappa shape index (κ2) is 5.55. The third-order valence-corrected chi connectivity index (χ3v) is 7.27. The van der Waals surface area contributed by atoms with Gasteiger partial charge in [-0.25, -0.2) is 0 Å². The Bertz CT molecular complexity index is 300. The lowest BCUT2D eigenvalue weighted by Crippen LogP contribution is -2.45. The van der Waals surface area contributed by atoms with Crippen molar-refractivity contribution < 1.29 is 4.79 Å². The number of hydrogen-bond acceptors (Lipinski definition) is 1. The Kier molecular flexibility index (Phi) is 4.64. The minimum Gasteiger partial charge on any atom is -0.298 e. The van der Waals surface area contributed by atoms with Gasteiger partial charge >= 0.3 is 0 Å². The first-order valence-electron chi connectivity index (χ1n) is 7.16. The summed E-state index contributed by atoms with van der Waals surface area (Å²) in [5, 5.41) is 1.95. The van der Waals surface area contributed by atoms with Crippen molar-refractivity contribution in [3.8, 4) is 0 Å². The number of alkyl halides is 2. The molecule has 0 heterocycles. The lowest BCUT2D eigenvalue weighted by Gasteiger charge is -2.39. The van der Waals surface area contributed by atoms with Crippen LogP contribution in [-0.2, 0) is 4.79 Å². The van der Waals surface area contributed by atoms with Crippen LogP contribution in [0.1, 0.15) is 52.4 Å². The van der Waals surface area contributed by atoms with Crippen LogP contribution in [0.2, 0.25) is 0 Å². The van der Waals surface area contributed by atoms with Crippen molar-refractivity contribution in [2.45, 2.75) is 52.4 Å². The Labute approximate surface area is 128 Å². The lowest BCUT2D eigenvalue weighted by atomic mass is 9.63. The van der Waals surface area contributed by atoms with Gasteiger partial charge in [0, 0.05) is 21.5 Å². The molecule has 2 rings (SSSR count). The highest BCUT2D eigenvalue weighted by atomic mass is 79.9. The number of carbonyl (C=O) groups is 1. The standard InChI is InChI=1S/C15H24Br2O/c1-14(7-3-5-11(14)9-16)13(18)15(2)8-4-6-12(15)10-17/h11-12H,3-10H2,1-2H3. The zero-order valence-corrected chi connectivity index (χ0v) is 14.6. The third kappa shape index (κ3) is 2.24. The average molecular weight is 380 g/mol. The predicted octanol–water partition coefficient (Wildman–Crippen LogP) is 4.96. The van der Waals surface area contributed by atoms with Crippen LogP contribution < -0.4 is 0 Å². The van der Waals surface area contributed by atoms with Crippen LogP contribution in [0.15, 0.2) is 0 Å². The first-order chi connectivity index (χ1) is 8.49. The zero-order valence-electron chi connectivity index (χ0n) is 11.5. The van der Waals surface area contributed by atoms with Crippen LogP contribution in [0.4, 0.5) is 0 Å². The van der Waals surface area contributed by atoms with E-state index in [1.165, 1.54) is 25.7 Å². The second-order valence-corrected chi connectivity index (χ2v) is 7.95. The van der Waals surface area contributed by atoms with E-state index in [1.807, 2.05) is 0 Å². The fourth-order valence-corrected chi connectivity index (χ4v) is 6.30. The molecule has 0 aliphatic heterocycles. The van der Waals surface area contributed by atoms with E-state index >= 15 is 0 Å². The van der Waals surface area contributed by atoms with Crippen molar-refractivity contribution in [1.29, 1.82) is 0 Å². The zero-order chi connectivity index (χ0) is 13.4. The Balaban J connectivity index is 2.25. The molecule has 2 aliphatic rings. The molecule has 0 aromatic carbocycles. The number of rotatable bonds is 4. The summed E-state index contributed by atoms with van der Waals surface area (Å²) in [5.41, 5.74) is -0.161. The van der Waals surface area contributed by atoms with Gasteiger partial charge in [0.05, 0.1) is 0 Å². The van der Waals surface area contributed by atoms with Gasteiger partial charge < -0.3 is 0 Å². The maximum atomic E-state index is 13.2. The fourth-order valence-electron chi connectivity index (χ4n) is 4.22. The maximum absolute atomic E-state index is 13.2. The number of ketones is 1. The Morgan fingerprint density at radius 1 is 1.00 bits per heavy atom. The number of hydrogen-bond donors (Lipinski definition) is 0. The average Bonchev–Trinajstić information content (AvgIpc) is 2.92. The van der Waals surface area contributed by atoms with Crippen LogP contribution in [0.3, 0.4) is 0 Å². The predicted molar refractivity (Wildman–Crippen MR) is 83.5 cm³/mol. The highest BCUT2D eigenvalue weighted by Crippen LogP contribution is 2.54. The minimum absolute atomic E-state index is 0.0803. The van der Waals surface area contributed by atoms with Crippen LogP contribution >= 0.6 is 31.9 Å². The van der Waals surface area contributed by atoms with Crippen molar-refractivity contribution in [3.05, 3.63) is 0 Å². The Morgan fingerprint density at radius 2 is 1.39 bits per heavy atom. The van der Waals surface area contributed by atoms with Gasteiger partial charge in [-0.3, -0.25) is 4.79 Å². The van der Waals surface area contributed by atoms with Crippen LogP contribution in [0, 0.1) is 22.7 Å². The molecule has 2 saturated carbocycles. The molecule has 0 N–H and O–H groups in total. The molecule has 0 saturated heterocycles. The van der Waals surface area contributed by atoms with E-state index in [0.717, 1.165) is 23.5 Å². The number of Topliss-reactive ketones (excluding diaryl/α,β-unsaturated/α-hetero) is 1. The molecule has 0 aromatic rings. The molecule has 2 fully saturated rings. The van der Waals surface area contributed by atoms with Gasteiger partial charge in [0.15, 0.2) is 0 Å². The quantitative estimate of drug-likeness (QED) is 0.631. The molecule has 18 heavy (non-hydrogen) atoms. The first kappa shape index (κ1) is 15.0. The van der Waals surface area contributed by atoms with Crippen LogP contribution in [0.5, 0.6) is 0 Å². The second-order valence-electron chi connectivity index (χ2n) is 6.65. The molecule has 0 aromatic heterocycles. The van der Waals surface area contributed by atoms with Gasteiger partial charge in [-0.05, 0) is 37.5 Å². The molecule has 0 spiro atoms. The topological polar surface area (TPSA) is 17.1 Å². The van der Waals surface area contributed by atoms with Gasteiger partial charge in [-0.1, -0.05) is 58.5 Å². The summed E-state index contributed by atoms with van der Waals surface area (Å²) in [4.78, 5) is 13.2. The van der Waals surface area contributed by atoms with Gasteiger partial charge in [0.25, 0.3) is 0 Å². The highest BCUT2D eigenvalue weighted by Gasteiger charge is 2.54. The van der Waals surface area contributed by atoms with E-state index in [-0.39, 0.29) is 10.8 Å². The van der Waals surface area contributed by atoms with Crippen molar-refractivity contribution in [2.75, 3.05) is 10.7 Å². The van der Waals surface area contributed by atoms with E-state index in [4.69, 9.17) is 0 Å². The fraction of sp³-hybridized carbons (Fsp3) is 0.933. The van der Waals surface area contributed by atoms with Crippen molar-refractivity contribution in [3.63, 3.8) is 0 Å². The van der Waals surface area contributed by atoms with Gasteiger partial charge in [0.2, 0.25) is 0 Å². The molecule has 0 bridgehead atoms. The maximum Gasteiger partial charge on any atom is 0.145 e. The molecule has 0 radical (unpaired) electrons. The largest absolute Gasteiger partial charge is 0.298 e. The molecule has 4 atom stereocenters.